The Bertz CT molecular complexity index is 746. The number of amides is 2. The Hall–Kier alpha value is -2.62. The van der Waals surface area contributed by atoms with Crippen molar-refractivity contribution in [2.45, 2.75) is 45.4 Å². The van der Waals surface area contributed by atoms with E-state index in [1.54, 1.807) is 12.1 Å². The predicted molar refractivity (Wildman–Crippen MR) is 110 cm³/mol. The quantitative estimate of drug-likeness (QED) is 0.777. The maximum atomic E-state index is 12.2. The Morgan fingerprint density at radius 1 is 0.926 bits per heavy atom. The summed E-state index contributed by atoms with van der Waals surface area (Å²) in [6.45, 7) is 9.11. The number of hydrogen-bond donors (Lipinski definition) is 2. The third kappa shape index (κ3) is 6.55. The lowest BCUT2D eigenvalue weighted by Gasteiger charge is -2.19. The summed E-state index contributed by atoms with van der Waals surface area (Å²) in [6, 6.07) is 17.7. The monoisotopic (exact) mass is 366 g/mol. The Balaban J connectivity index is 1.72. The molecule has 2 aromatic carbocycles. The summed E-state index contributed by atoms with van der Waals surface area (Å²) >= 11 is 0. The van der Waals surface area contributed by atoms with Gasteiger partial charge in [-0.25, -0.2) is 0 Å². The SMILES string of the molecule is CC(CCNC(=O)CNC(=O)c1ccc(C(C)(C)C)cc1)c1ccccc1. The van der Waals surface area contributed by atoms with E-state index in [1.807, 2.05) is 30.3 Å². The minimum Gasteiger partial charge on any atom is -0.355 e. The third-order valence-corrected chi connectivity index (χ3v) is 4.69. The zero-order chi connectivity index (χ0) is 19.9. The summed E-state index contributed by atoms with van der Waals surface area (Å²) in [5.74, 6) is -0.0272. The first-order chi connectivity index (χ1) is 12.8. The molecule has 4 nitrogen and oxygen atoms in total. The van der Waals surface area contributed by atoms with Crippen LogP contribution in [0.5, 0.6) is 0 Å². The third-order valence-electron chi connectivity index (χ3n) is 4.69. The van der Waals surface area contributed by atoms with Crippen LogP contribution in [0.15, 0.2) is 54.6 Å². The molecule has 1 atom stereocenters. The van der Waals surface area contributed by atoms with Crippen molar-refractivity contribution in [1.82, 2.24) is 10.6 Å². The molecule has 0 saturated heterocycles. The highest BCUT2D eigenvalue weighted by Crippen LogP contribution is 2.22. The maximum Gasteiger partial charge on any atom is 0.251 e. The summed E-state index contributed by atoms with van der Waals surface area (Å²) in [6.07, 6.45) is 0.859. The van der Waals surface area contributed by atoms with Gasteiger partial charge >= 0.3 is 0 Å². The molecule has 0 bridgehead atoms. The lowest BCUT2D eigenvalue weighted by molar-refractivity contribution is -0.120. The van der Waals surface area contributed by atoms with Crippen molar-refractivity contribution in [3.63, 3.8) is 0 Å². The van der Waals surface area contributed by atoms with Crippen molar-refractivity contribution >= 4 is 11.8 Å². The van der Waals surface area contributed by atoms with E-state index >= 15 is 0 Å². The Morgan fingerprint density at radius 2 is 1.56 bits per heavy atom. The molecule has 0 aliphatic rings. The zero-order valence-corrected chi connectivity index (χ0v) is 16.7. The van der Waals surface area contributed by atoms with Crippen LogP contribution in [0.25, 0.3) is 0 Å². The summed E-state index contributed by atoms with van der Waals surface area (Å²) < 4.78 is 0. The predicted octanol–water partition coefficient (Wildman–Crippen LogP) is 4.02. The molecular weight excluding hydrogens is 336 g/mol. The van der Waals surface area contributed by atoms with Crippen LogP contribution in [0.1, 0.15) is 61.5 Å². The fourth-order valence-electron chi connectivity index (χ4n) is 2.82. The highest BCUT2D eigenvalue weighted by atomic mass is 16.2. The van der Waals surface area contributed by atoms with E-state index in [0.717, 1.165) is 6.42 Å². The molecule has 0 radical (unpaired) electrons. The summed E-state index contributed by atoms with van der Waals surface area (Å²) in [5, 5.41) is 5.54. The van der Waals surface area contributed by atoms with Crippen LogP contribution in [0.3, 0.4) is 0 Å². The molecule has 27 heavy (non-hydrogen) atoms. The zero-order valence-electron chi connectivity index (χ0n) is 16.7. The molecule has 0 fully saturated rings. The van der Waals surface area contributed by atoms with Gasteiger partial charge in [0.1, 0.15) is 0 Å². The average Bonchev–Trinajstić information content (AvgIpc) is 2.66. The number of carbonyl (C=O) groups is 2. The number of hydrogen-bond acceptors (Lipinski definition) is 2. The van der Waals surface area contributed by atoms with Gasteiger partial charge < -0.3 is 10.6 Å². The van der Waals surface area contributed by atoms with Crippen LogP contribution in [0, 0.1) is 0 Å². The molecule has 2 aromatic rings. The minimum atomic E-state index is -0.233. The lowest BCUT2D eigenvalue weighted by Crippen LogP contribution is -2.37. The first-order valence-corrected chi connectivity index (χ1v) is 9.48. The Kier molecular flexibility index (Phi) is 7.17. The second kappa shape index (κ2) is 9.36. The molecule has 0 saturated carbocycles. The van der Waals surface area contributed by atoms with E-state index in [4.69, 9.17) is 0 Å². The normalized spacial score (nSPS) is 12.3. The van der Waals surface area contributed by atoms with E-state index in [2.05, 4.69) is 50.5 Å². The van der Waals surface area contributed by atoms with E-state index in [9.17, 15) is 9.59 Å². The van der Waals surface area contributed by atoms with Crippen molar-refractivity contribution in [1.29, 1.82) is 0 Å². The van der Waals surface area contributed by atoms with Crippen molar-refractivity contribution in [3.8, 4) is 0 Å². The van der Waals surface area contributed by atoms with Crippen LogP contribution < -0.4 is 10.6 Å². The van der Waals surface area contributed by atoms with Gasteiger partial charge in [-0.3, -0.25) is 9.59 Å². The highest BCUT2D eigenvalue weighted by Gasteiger charge is 2.14. The van der Waals surface area contributed by atoms with Crippen LogP contribution in [-0.2, 0) is 10.2 Å². The molecule has 144 valence electrons. The highest BCUT2D eigenvalue weighted by molar-refractivity contribution is 5.96. The number of rotatable bonds is 7. The topological polar surface area (TPSA) is 58.2 Å². The van der Waals surface area contributed by atoms with Gasteiger partial charge in [-0.1, -0.05) is 70.2 Å². The number of nitrogens with one attached hydrogen (secondary N) is 2. The van der Waals surface area contributed by atoms with Crippen molar-refractivity contribution in [2.75, 3.05) is 13.1 Å². The van der Waals surface area contributed by atoms with Gasteiger partial charge in [-0.15, -0.1) is 0 Å². The van der Waals surface area contributed by atoms with Crippen molar-refractivity contribution in [3.05, 3.63) is 71.3 Å². The van der Waals surface area contributed by atoms with Crippen molar-refractivity contribution < 1.29 is 9.59 Å². The van der Waals surface area contributed by atoms with Crippen LogP contribution in [0.2, 0.25) is 0 Å². The molecule has 2 rings (SSSR count). The second-order valence-corrected chi connectivity index (χ2v) is 7.96. The molecule has 1 unspecified atom stereocenters. The van der Waals surface area contributed by atoms with E-state index in [0.29, 0.717) is 18.0 Å². The molecule has 0 heterocycles. The smallest absolute Gasteiger partial charge is 0.251 e. The Morgan fingerprint density at radius 3 is 2.15 bits per heavy atom. The summed E-state index contributed by atoms with van der Waals surface area (Å²) in [4.78, 5) is 24.1. The molecule has 2 N–H and O–H groups in total. The molecule has 0 aromatic heterocycles. The molecule has 4 heteroatoms. The van der Waals surface area contributed by atoms with E-state index < -0.39 is 0 Å². The van der Waals surface area contributed by atoms with E-state index in [-0.39, 0.29) is 23.8 Å². The van der Waals surface area contributed by atoms with Gasteiger partial charge in [-0.05, 0) is 41.0 Å². The standard InChI is InChI=1S/C23H30N2O2/c1-17(18-8-6-5-7-9-18)14-15-24-21(26)16-25-22(27)19-10-12-20(13-11-19)23(2,3)4/h5-13,17H,14-16H2,1-4H3,(H,24,26)(H,25,27). The molecule has 0 aliphatic heterocycles. The van der Waals surface area contributed by atoms with Crippen molar-refractivity contribution in [2.24, 2.45) is 0 Å². The fraction of sp³-hybridized carbons (Fsp3) is 0.391. The Labute approximate surface area is 162 Å². The molecule has 2 amide bonds. The molecule has 0 aliphatic carbocycles. The average molecular weight is 367 g/mol. The lowest BCUT2D eigenvalue weighted by atomic mass is 9.87. The molecule has 0 spiro atoms. The molecular formula is C23H30N2O2. The van der Waals surface area contributed by atoms with Gasteiger partial charge in [0.05, 0.1) is 6.54 Å². The van der Waals surface area contributed by atoms with Gasteiger partial charge in [0.2, 0.25) is 5.91 Å². The van der Waals surface area contributed by atoms with Gasteiger partial charge in [-0.2, -0.15) is 0 Å². The minimum absolute atomic E-state index is 0.0143. The number of carbonyl (C=O) groups excluding carboxylic acids is 2. The summed E-state index contributed by atoms with van der Waals surface area (Å²) in [5.41, 5.74) is 3.04. The largest absolute Gasteiger partial charge is 0.355 e. The first kappa shape index (κ1) is 20.7. The van der Waals surface area contributed by atoms with Crippen LogP contribution >= 0.6 is 0 Å². The van der Waals surface area contributed by atoms with E-state index in [1.165, 1.54) is 11.1 Å². The van der Waals surface area contributed by atoms with Gasteiger partial charge in [0.15, 0.2) is 0 Å². The fourth-order valence-corrected chi connectivity index (χ4v) is 2.82. The van der Waals surface area contributed by atoms with Gasteiger partial charge in [0.25, 0.3) is 5.91 Å². The number of benzene rings is 2. The maximum absolute atomic E-state index is 12.2. The summed E-state index contributed by atoms with van der Waals surface area (Å²) in [7, 11) is 0. The first-order valence-electron chi connectivity index (χ1n) is 9.48. The van der Waals surface area contributed by atoms with Crippen LogP contribution in [0.4, 0.5) is 0 Å². The van der Waals surface area contributed by atoms with Gasteiger partial charge in [0, 0.05) is 12.1 Å². The van der Waals surface area contributed by atoms with Crippen LogP contribution in [-0.4, -0.2) is 24.9 Å². The second-order valence-electron chi connectivity index (χ2n) is 7.96.